The molecule has 5 N–H and O–H groups in total. The number of amides is 3. The van der Waals surface area contributed by atoms with E-state index in [2.05, 4.69) is 96.8 Å². The molecule has 0 unspecified atom stereocenters. The van der Waals surface area contributed by atoms with Crippen molar-refractivity contribution in [3.63, 3.8) is 0 Å². The van der Waals surface area contributed by atoms with E-state index in [0.717, 1.165) is 35.6 Å². The van der Waals surface area contributed by atoms with Gasteiger partial charge in [-0.05, 0) is 79.9 Å². The lowest BCUT2D eigenvalue weighted by molar-refractivity contribution is -0.144. The van der Waals surface area contributed by atoms with Crippen molar-refractivity contribution in [2.45, 2.75) is 110 Å². The quantitative estimate of drug-likeness (QED) is 0.0252. The Morgan fingerprint density at radius 2 is 1.08 bits per heavy atom. The molecule has 0 aliphatic rings. The normalized spacial score (nSPS) is 11.0. The number of nitrogens with one attached hydrogen (secondary N) is 4. The molecular weight excluding hydrogens is 1400 g/mol. The molecule has 6 heterocycles. The number of carbonyl (C=O) groups is 7. The zero-order valence-corrected chi connectivity index (χ0v) is 59.2. The maximum absolute atomic E-state index is 12.9. The van der Waals surface area contributed by atoms with Gasteiger partial charge in [-0.25, -0.2) is 51.2 Å². The number of hydrogen-bond donors (Lipinski definition) is 5. The van der Waals surface area contributed by atoms with Crippen LogP contribution in [-0.4, -0.2) is 211 Å². The number of alkyl carbamates (subject to hydrolysis) is 1. The van der Waals surface area contributed by atoms with E-state index >= 15 is 0 Å². The highest BCUT2D eigenvalue weighted by Gasteiger charge is 2.42. The fraction of sp³-hybridized carbons (Fsp3) is 0.508. The molecule has 37 nitrogen and oxygen atoms in total. The maximum Gasteiger partial charge on any atom is 0.437 e. The van der Waals surface area contributed by atoms with Gasteiger partial charge in [-0.3, -0.25) is 23.6 Å². The van der Waals surface area contributed by atoms with Gasteiger partial charge >= 0.3 is 42.3 Å². The van der Waals surface area contributed by atoms with E-state index in [1.165, 1.54) is 60.6 Å². The number of hydrogen-bond acceptors (Lipinski definition) is 26. The number of aryl methyl sites for hydroxylation is 5. The van der Waals surface area contributed by atoms with E-state index in [1.807, 2.05) is 57.1 Å². The zero-order valence-electron chi connectivity index (χ0n) is 58.3. The van der Waals surface area contributed by atoms with Crippen molar-refractivity contribution < 1.29 is 92.4 Å². The molecule has 103 heavy (non-hydrogen) atoms. The first-order chi connectivity index (χ1) is 47.7. The first-order valence-corrected chi connectivity index (χ1v) is 32.0. The molecule has 3 amide bonds. The van der Waals surface area contributed by atoms with Gasteiger partial charge in [-0.15, -0.1) is 30.6 Å². The summed E-state index contributed by atoms with van der Waals surface area (Å²) in [6.07, 6.45) is -1.06. The Morgan fingerprint density at radius 1 is 0.583 bits per heavy atom. The number of sulfonamides is 1. The number of aromatic carboxylic acids is 1. The number of rotatable bonds is 22. The summed E-state index contributed by atoms with van der Waals surface area (Å²) in [6.45, 7) is 14.0. The molecule has 0 aliphatic carbocycles. The average Bonchev–Trinajstić information content (AvgIpc) is 1.73. The number of anilines is 1. The monoisotopic (exact) mass is 1490 g/mol. The summed E-state index contributed by atoms with van der Waals surface area (Å²) in [4.78, 5) is 80.3. The molecule has 6 aromatic heterocycles. The van der Waals surface area contributed by atoms with Crippen LogP contribution >= 0.6 is 0 Å². The third kappa shape index (κ3) is 29.2. The lowest BCUT2D eigenvalue weighted by atomic mass is 10.1. The Morgan fingerprint density at radius 3 is 1.56 bits per heavy atom. The van der Waals surface area contributed by atoms with Gasteiger partial charge in [-0.2, -0.15) is 26.3 Å². The van der Waals surface area contributed by atoms with Gasteiger partial charge in [0.1, 0.15) is 5.60 Å². The van der Waals surface area contributed by atoms with Crippen LogP contribution in [-0.2, 0) is 76.6 Å². The van der Waals surface area contributed by atoms with Crippen molar-refractivity contribution >= 4 is 68.3 Å². The van der Waals surface area contributed by atoms with E-state index in [4.69, 9.17) is 9.84 Å². The van der Waals surface area contributed by atoms with Crippen LogP contribution in [0.15, 0.2) is 66.1 Å². The molecule has 0 saturated carbocycles. The molecule has 0 radical (unpaired) electrons. The van der Waals surface area contributed by atoms with E-state index in [9.17, 15) is 68.3 Å². The van der Waals surface area contributed by atoms with Crippen LogP contribution < -0.4 is 25.6 Å². The van der Waals surface area contributed by atoms with Crippen LogP contribution in [0.25, 0.3) is 10.8 Å². The number of fused-ring (bicyclic) bond motifs is 1. The lowest BCUT2D eigenvalue weighted by Crippen LogP contribution is -2.34. The third-order valence-electron chi connectivity index (χ3n) is 12.4. The molecular formula is C59H85F6N23O14S. The molecule has 8 aromatic rings. The minimum absolute atomic E-state index is 0. The van der Waals surface area contributed by atoms with Crippen molar-refractivity contribution in [1.82, 2.24) is 111 Å². The van der Waals surface area contributed by atoms with Crippen molar-refractivity contribution in [1.29, 1.82) is 0 Å². The largest absolute Gasteiger partial charge is 0.476 e. The number of halogens is 6. The molecule has 0 bridgehead atoms. The minimum Gasteiger partial charge on any atom is -0.476 e. The smallest absolute Gasteiger partial charge is 0.437 e. The number of methoxy groups -OCH3 is 1. The van der Waals surface area contributed by atoms with Crippen LogP contribution in [0.2, 0.25) is 0 Å². The molecule has 0 atom stereocenters. The van der Waals surface area contributed by atoms with Gasteiger partial charge in [0, 0.05) is 98.0 Å². The minimum atomic E-state index is -4.71. The molecule has 0 spiro atoms. The Hall–Kier alpha value is -11.1. The number of benzene rings is 2. The first kappa shape index (κ1) is 88.0. The molecule has 44 heteroatoms. The topological polar surface area (TPSA) is 446 Å². The summed E-state index contributed by atoms with van der Waals surface area (Å²) in [5.74, 6) is -4.27. The Kier molecular flexibility index (Phi) is 35.0. The maximum atomic E-state index is 12.9. The van der Waals surface area contributed by atoms with E-state index < -0.39 is 80.7 Å². The lowest BCUT2D eigenvalue weighted by Gasteiger charge is -2.19. The Bertz CT molecular complexity index is 4160. The summed E-state index contributed by atoms with van der Waals surface area (Å²) in [7, 11) is 8.77. The van der Waals surface area contributed by atoms with Crippen molar-refractivity contribution in [3.8, 4) is 0 Å². The highest BCUT2D eigenvalue weighted by atomic mass is 32.2. The van der Waals surface area contributed by atoms with Gasteiger partial charge in [0.15, 0.2) is 34.2 Å². The predicted octanol–water partition coefficient (Wildman–Crippen LogP) is 5.19. The number of aromatic nitrogens is 18. The van der Waals surface area contributed by atoms with Crippen molar-refractivity contribution in [2.75, 3.05) is 65.5 Å². The average molecular weight is 1490 g/mol. The highest BCUT2D eigenvalue weighted by molar-refractivity contribution is 7.89. The molecule has 8 rings (SSSR count). The Labute approximate surface area is 587 Å². The number of ether oxygens (including phenoxy) is 4. The fourth-order valence-corrected chi connectivity index (χ4v) is 9.14. The van der Waals surface area contributed by atoms with Gasteiger partial charge in [0.25, 0.3) is 11.8 Å². The number of alkyl halides is 6. The summed E-state index contributed by atoms with van der Waals surface area (Å²) in [5.41, 5.74) is -2.82. The number of unbranched alkanes of at least 4 members (excludes halogenated alkanes) is 2. The fourth-order valence-electron chi connectivity index (χ4n) is 7.84. The predicted molar refractivity (Wildman–Crippen MR) is 353 cm³/mol. The summed E-state index contributed by atoms with van der Waals surface area (Å²) in [6, 6.07) is 11.2. The van der Waals surface area contributed by atoms with Gasteiger partial charge < -0.3 is 44.9 Å². The van der Waals surface area contributed by atoms with Crippen LogP contribution in [0.5, 0.6) is 0 Å². The summed E-state index contributed by atoms with van der Waals surface area (Å²) < 4.78 is 128. The van der Waals surface area contributed by atoms with Crippen LogP contribution in [0.1, 0.15) is 162 Å². The zero-order chi connectivity index (χ0) is 76.9. The standard InChI is InChI=1S/C23H32N6O3S.C12H21N5O3.2C7H8F3N3O2.C5H7N3O2.C4H5N3O2.CH4/c1-17(2)29-16-20(26-27-29)23(30)24-14-6-5-7-15-25-33(31,32)22-13-9-10-18-19(22)11-8-12-21(18)28(3)4;1-12(2,3)20-11(19)14-7-5-6-13-10(18)9-8-17(4)16-15-9;1-3-15-6(14)4-5(7(8,9)10)11-12-13(4)2;1-3-15-6(14)4-5(7(8,9)10)13(2)12-11-4;1-8-3-4(6-7-8)5(9)10-2;1-7-2-3(4(8)9)5-6-7;/h8-13,16-17,25H,5-7,14-15H2,1-4H3,(H,24,30);8H,5-7H2,1-4H3,(H,13,18)(H,14,19);2*3H2,1-2H3;3H,1-2H3;2H,1H3,(H,8,9);1H4. The highest BCUT2D eigenvalue weighted by Crippen LogP contribution is 2.32. The number of esters is 3. The molecule has 0 saturated heterocycles. The third-order valence-corrected chi connectivity index (χ3v) is 13.9. The second kappa shape index (κ2) is 41.0. The van der Waals surface area contributed by atoms with Crippen molar-refractivity contribution in [3.05, 3.63) is 107 Å². The molecule has 568 valence electrons. The van der Waals surface area contributed by atoms with E-state index in [1.54, 1.807) is 64.9 Å². The molecule has 0 aliphatic heterocycles. The number of nitrogens with zero attached hydrogens (tertiary/aromatic N) is 19. The molecule has 0 fully saturated rings. The number of carboxylic acid groups (broad SMARTS) is 1. The van der Waals surface area contributed by atoms with E-state index in [0.29, 0.717) is 54.8 Å². The van der Waals surface area contributed by atoms with Gasteiger partial charge in [0.2, 0.25) is 21.4 Å². The molecule has 2 aromatic carbocycles. The van der Waals surface area contributed by atoms with Gasteiger partial charge in [0.05, 0.1) is 50.0 Å². The van der Waals surface area contributed by atoms with Crippen molar-refractivity contribution in [2.24, 2.45) is 35.2 Å². The second-order valence-corrected chi connectivity index (χ2v) is 24.1. The number of carbonyl (C=O) groups excluding carboxylic acids is 6. The van der Waals surface area contributed by atoms with Gasteiger partial charge in [-0.1, -0.05) is 69.4 Å². The summed E-state index contributed by atoms with van der Waals surface area (Å²) >= 11 is 0. The first-order valence-electron chi connectivity index (χ1n) is 30.5. The van der Waals surface area contributed by atoms with Crippen LogP contribution in [0.4, 0.5) is 36.8 Å². The second-order valence-electron chi connectivity index (χ2n) is 22.3. The van der Waals surface area contributed by atoms with Crippen LogP contribution in [0, 0.1) is 0 Å². The Balaban J connectivity index is 0.000000446. The SMILES string of the molecule is C.CC(C)n1cc(C(=O)NCCCCCNS(=O)(=O)c2cccc3c(N(C)C)cccc23)nn1.CCOC(=O)c1c(C(F)(F)F)nnn1C.CCOC(=O)c1nnn(C)c1C(F)(F)F.COC(=O)c1cn(C)nn1.Cn1cc(C(=O)NCCCNC(=O)OC(C)(C)C)nn1.Cn1cc(C(=O)O)nn1. The van der Waals surface area contributed by atoms with Crippen LogP contribution in [0.3, 0.4) is 0 Å². The number of carboxylic acids is 1. The summed E-state index contributed by atoms with van der Waals surface area (Å²) in [5, 5.41) is 59.3. The van der Waals surface area contributed by atoms with E-state index in [-0.39, 0.29) is 60.5 Å².